The molecule has 6 heteroatoms. The SMILES string of the molecule is CC[C@@H](CNc1nc(C2CC2)nc2c1CCNCC2)N1CCOCC1. The topological polar surface area (TPSA) is 62.3 Å². The molecule has 1 saturated carbocycles. The van der Waals surface area contributed by atoms with Crippen LogP contribution in [0.25, 0.3) is 0 Å². The molecule has 2 fully saturated rings. The van der Waals surface area contributed by atoms with Crippen LogP contribution in [0.2, 0.25) is 0 Å². The molecule has 25 heavy (non-hydrogen) atoms. The molecule has 0 spiro atoms. The summed E-state index contributed by atoms with van der Waals surface area (Å²) in [6.07, 6.45) is 5.70. The summed E-state index contributed by atoms with van der Waals surface area (Å²) < 4.78 is 5.50. The van der Waals surface area contributed by atoms with Crippen molar-refractivity contribution in [2.45, 2.75) is 51.0 Å². The summed E-state index contributed by atoms with van der Waals surface area (Å²) in [5.74, 6) is 2.77. The minimum Gasteiger partial charge on any atom is -0.379 e. The molecule has 1 aliphatic carbocycles. The molecule has 3 aliphatic rings. The second-order valence-corrected chi connectivity index (χ2v) is 7.47. The van der Waals surface area contributed by atoms with Gasteiger partial charge in [0.25, 0.3) is 0 Å². The molecule has 1 saturated heterocycles. The molecular weight excluding hydrogens is 314 g/mol. The Kier molecular flexibility index (Phi) is 5.48. The highest BCUT2D eigenvalue weighted by Gasteiger charge is 2.29. The number of anilines is 1. The van der Waals surface area contributed by atoms with Crippen LogP contribution < -0.4 is 10.6 Å². The van der Waals surface area contributed by atoms with E-state index in [0.29, 0.717) is 12.0 Å². The van der Waals surface area contributed by atoms with E-state index in [4.69, 9.17) is 14.7 Å². The maximum atomic E-state index is 5.50. The van der Waals surface area contributed by atoms with Crippen molar-refractivity contribution in [3.8, 4) is 0 Å². The van der Waals surface area contributed by atoms with Gasteiger partial charge in [0.2, 0.25) is 0 Å². The number of fused-ring (bicyclic) bond motifs is 1. The van der Waals surface area contributed by atoms with Gasteiger partial charge in [0.15, 0.2) is 0 Å². The van der Waals surface area contributed by atoms with Gasteiger partial charge < -0.3 is 15.4 Å². The summed E-state index contributed by atoms with van der Waals surface area (Å²) in [7, 11) is 0. The first kappa shape index (κ1) is 17.2. The van der Waals surface area contributed by atoms with Crippen molar-refractivity contribution < 1.29 is 4.74 Å². The number of hydrogen-bond acceptors (Lipinski definition) is 6. The van der Waals surface area contributed by atoms with Crippen molar-refractivity contribution in [3.05, 3.63) is 17.1 Å². The van der Waals surface area contributed by atoms with Crippen LogP contribution in [0.1, 0.15) is 49.2 Å². The molecule has 0 aromatic carbocycles. The Labute approximate surface area is 150 Å². The van der Waals surface area contributed by atoms with Crippen LogP contribution in [0.5, 0.6) is 0 Å². The molecule has 2 N–H and O–H groups in total. The zero-order chi connectivity index (χ0) is 17.1. The van der Waals surface area contributed by atoms with E-state index in [1.165, 1.54) is 24.1 Å². The molecule has 1 atom stereocenters. The number of nitrogens with one attached hydrogen (secondary N) is 2. The highest BCUT2D eigenvalue weighted by atomic mass is 16.5. The van der Waals surface area contributed by atoms with Gasteiger partial charge in [0.05, 0.1) is 18.9 Å². The van der Waals surface area contributed by atoms with Gasteiger partial charge in [-0.3, -0.25) is 4.90 Å². The van der Waals surface area contributed by atoms with Crippen LogP contribution in [-0.2, 0) is 17.6 Å². The molecule has 4 rings (SSSR count). The largest absolute Gasteiger partial charge is 0.379 e. The van der Waals surface area contributed by atoms with Crippen molar-refractivity contribution in [1.29, 1.82) is 0 Å². The van der Waals surface area contributed by atoms with Crippen molar-refractivity contribution in [3.63, 3.8) is 0 Å². The highest BCUT2D eigenvalue weighted by Crippen LogP contribution is 2.39. The fraction of sp³-hybridized carbons (Fsp3) is 0.789. The van der Waals surface area contributed by atoms with E-state index in [9.17, 15) is 0 Å². The van der Waals surface area contributed by atoms with Gasteiger partial charge >= 0.3 is 0 Å². The fourth-order valence-corrected chi connectivity index (χ4v) is 3.92. The Bertz CT molecular complexity index is 583. The molecule has 0 unspecified atom stereocenters. The Morgan fingerprint density at radius 2 is 2.00 bits per heavy atom. The Balaban J connectivity index is 1.51. The maximum absolute atomic E-state index is 5.50. The van der Waals surface area contributed by atoms with Crippen molar-refractivity contribution in [2.24, 2.45) is 0 Å². The second-order valence-electron chi connectivity index (χ2n) is 7.47. The summed E-state index contributed by atoms with van der Waals surface area (Å²) in [6.45, 7) is 9.08. The van der Waals surface area contributed by atoms with Crippen molar-refractivity contribution in [1.82, 2.24) is 20.2 Å². The standard InChI is InChI=1S/C19H31N5O/c1-2-15(24-9-11-25-12-10-24)13-21-19-16-5-7-20-8-6-17(16)22-18(23-19)14-3-4-14/h14-15,20H,2-13H2,1H3,(H,21,22,23)/t15-/m0/s1. The summed E-state index contributed by atoms with van der Waals surface area (Å²) in [4.78, 5) is 12.4. The van der Waals surface area contributed by atoms with E-state index >= 15 is 0 Å². The average molecular weight is 345 g/mol. The van der Waals surface area contributed by atoms with E-state index in [2.05, 4.69) is 22.5 Å². The van der Waals surface area contributed by atoms with Gasteiger partial charge in [0, 0.05) is 50.1 Å². The van der Waals surface area contributed by atoms with Gasteiger partial charge in [-0.15, -0.1) is 0 Å². The van der Waals surface area contributed by atoms with Gasteiger partial charge in [-0.25, -0.2) is 9.97 Å². The summed E-state index contributed by atoms with van der Waals surface area (Å²) in [5, 5.41) is 7.21. The predicted octanol–water partition coefficient (Wildman–Crippen LogP) is 1.56. The molecular formula is C19H31N5O. The molecule has 0 radical (unpaired) electrons. The first-order chi connectivity index (χ1) is 12.3. The molecule has 1 aromatic heterocycles. The second kappa shape index (κ2) is 7.98. The third-order valence-corrected chi connectivity index (χ3v) is 5.68. The number of rotatable bonds is 6. The van der Waals surface area contributed by atoms with Gasteiger partial charge in [-0.1, -0.05) is 6.92 Å². The lowest BCUT2D eigenvalue weighted by Crippen LogP contribution is -2.46. The third-order valence-electron chi connectivity index (χ3n) is 5.68. The molecule has 0 bridgehead atoms. The van der Waals surface area contributed by atoms with E-state index in [1.54, 1.807) is 0 Å². The highest BCUT2D eigenvalue weighted by molar-refractivity contribution is 5.48. The lowest BCUT2D eigenvalue weighted by molar-refractivity contribution is 0.0184. The molecule has 0 amide bonds. The average Bonchev–Trinajstić information content (AvgIpc) is 3.49. The van der Waals surface area contributed by atoms with Crippen LogP contribution >= 0.6 is 0 Å². The monoisotopic (exact) mass is 345 g/mol. The predicted molar refractivity (Wildman–Crippen MR) is 99.2 cm³/mol. The third kappa shape index (κ3) is 4.13. The molecule has 6 nitrogen and oxygen atoms in total. The summed E-state index contributed by atoms with van der Waals surface area (Å²) >= 11 is 0. The first-order valence-electron chi connectivity index (χ1n) is 10.0. The Hall–Kier alpha value is -1.24. The number of hydrogen-bond donors (Lipinski definition) is 2. The Morgan fingerprint density at radius 3 is 2.76 bits per heavy atom. The van der Waals surface area contributed by atoms with Gasteiger partial charge in [-0.2, -0.15) is 0 Å². The fourth-order valence-electron chi connectivity index (χ4n) is 3.92. The van der Waals surface area contributed by atoms with Crippen molar-refractivity contribution >= 4 is 5.82 Å². The number of morpholine rings is 1. The number of nitrogens with zero attached hydrogens (tertiary/aromatic N) is 3. The van der Waals surface area contributed by atoms with Crippen LogP contribution in [0.3, 0.4) is 0 Å². The summed E-state index contributed by atoms with van der Waals surface area (Å²) in [5.41, 5.74) is 2.61. The van der Waals surface area contributed by atoms with Crippen LogP contribution in [-0.4, -0.2) is 66.8 Å². The van der Waals surface area contributed by atoms with E-state index in [0.717, 1.165) is 76.8 Å². The number of aromatic nitrogens is 2. The van der Waals surface area contributed by atoms with Crippen LogP contribution in [0.15, 0.2) is 0 Å². The zero-order valence-electron chi connectivity index (χ0n) is 15.4. The van der Waals surface area contributed by atoms with E-state index < -0.39 is 0 Å². The van der Waals surface area contributed by atoms with Gasteiger partial charge in [-0.05, 0) is 32.2 Å². The normalized spacial score (nSPS) is 22.9. The van der Waals surface area contributed by atoms with E-state index in [1.807, 2.05) is 0 Å². The van der Waals surface area contributed by atoms with E-state index in [-0.39, 0.29) is 0 Å². The Morgan fingerprint density at radius 1 is 1.20 bits per heavy atom. The molecule has 1 aromatic rings. The smallest absolute Gasteiger partial charge is 0.134 e. The molecule has 138 valence electrons. The molecule has 3 heterocycles. The quantitative estimate of drug-likeness (QED) is 0.816. The lowest BCUT2D eigenvalue weighted by atomic mass is 10.1. The maximum Gasteiger partial charge on any atom is 0.134 e. The number of ether oxygens (including phenoxy) is 1. The first-order valence-corrected chi connectivity index (χ1v) is 10.0. The van der Waals surface area contributed by atoms with Crippen LogP contribution in [0.4, 0.5) is 5.82 Å². The lowest BCUT2D eigenvalue weighted by Gasteiger charge is -2.34. The van der Waals surface area contributed by atoms with Gasteiger partial charge in [0.1, 0.15) is 11.6 Å². The zero-order valence-corrected chi connectivity index (χ0v) is 15.4. The molecule has 2 aliphatic heterocycles. The van der Waals surface area contributed by atoms with Crippen LogP contribution in [0, 0.1) is 0 Å². The minimum atomic E-state index is 0.544. The van der Waals surface area contributed by atoms with Crippen molar-refractivity contribution in [2.75, 3.05) is 51.3 Å². The summed E-state index contributed by atoms with van der Waals surface area (Å²) in [6, 6.07) is 0.544. The minimum absolute atomic E-state index is 0.544.